The molecule has 148 valence electrons. The number of hydrogen-bond acceptors (Lipinski definition) is 3. The van der Waals surface area contributed by atoms with Crippen molar-refractivity contribution < 1.29 is 18.3 Å². The summed E-state index contributed by atoms with van der Waals surface area (Å²) in [5.74, 6) is 1.26. The number of rotatable bonds is 7. The molecule has 0 aliphatic carbocycles. The first kappa shape index (κ1) is 23.2. The minimum atomic E-state index is -2.89. The van der Waals surface area contributed by atoms with E-state index >= 15 is 0 Å². The van der Waals surface area contributed by atoms with Crippen molar-refractivity contribution in [3.05, 3.63) is 28.8 Å². The first-order valence-corrected chi connectivity index (χ1v) is 8.67. The van der Waals surface area contributed by atoms with Gasteiger partial charge in [-0.2, -0.15) is 8.78 Å². The molecule has 0 bridgehead atoms. The van der Waals surface area contributed by atoms with E-state index in [1.54, 1.807) is 6.07 Å². The molecule has 1 aromatic rings. The summed E-state index contributed by atoms with van der Waals surface area (Å²) in [6, 6.07) is 4.55. The Morgan fingerprint density at radius 3 is 2.88 bits per heavy atom. The predicted octanol–water partition coefficient (Wildman–Crippen LogP) is 3.99. The number of guanidine groups is 1. The Kier molecular flexibility index (Phi) is 10.5. The van der Waals surface area contributed by atoms with Crippen LogP contribution in [0.1, 0.15) is 18.9 Å². The fourth-order valence-electron chi connectivity index (χ4n) is 2.71. The van der Waals surface area contributed by atoms with Crippen molar-refractivity contribution in [3.8, 4) is 5.75 Å². The number of nitrogens with one attached hydrogen (secondary N) is 1. The van der Waals surface area contributed by atoms with Gasteiger partial charge in [-0.15, -0.1) is 24.0 Å². The average molecular weight is 504 g/mol. The van der Waals surface area contributed by atoms with Crippen LogP contribution >= 0.6 is 35.6 Å². The highest BCUT2D eigenvalue weighted by atomic mass is 127. The van der Waals surface area contributed by atoms with Crippen molar-refractivity contribution >= 4 is 41.5 Å². The Bertz CT molecular complexity index is 587. The summed E-state index contributed by atoms with van der Waals surface area (Å²) in [6.07, 6.45) is 1.03. The summed E-state index contributed by atoms with van der Waals surface area (Å²) in [7, 11) is 1.95. The van der Waals surface area contributed by atoms with Crippen LogP contribution in [-0.2, 0) is 11.3 Å². The molecule has 26 heavy (non-hydrogen) atoms. The van der Waals surface area contributed by atoms with Gasteiger partial charge in [-0.25, -0.2) is 4.99 Å². The lowest BCUT2D eigenvalue weighted by Gasteiger charge is -2.24. The fourth-order valence-corrected chi connectivity index (χ4v) is 2.91. The van der Waals surface area contributed by atoms with E-state index < -0.39 is 6.61 Å². The molecule has 1 atom stereocenters. The molecular formula is C17H25ClF2IN3O2. The van der Waals surface area contributed by atoms with Gasteiger partial charge >= 0.3 is 6.61 Å². The molecule has 1 fully saturated rings. The maximum Gasteiger partial charge on any atom is 0.387 e. The second-order valence-electron chi connectivity index (χ2n) is 5.91. The monoisotopic (exact) mass is 503 g/mol. The van der Waals surface area contributed by atoms with E-state index in [2.05, 4.69) is 15.0 Å². The molecule has 1 saturated heterocycles. The third-order valence-corrected chi connectivity index (χ3v) is 4.13. The Morgan fingerprint density at radius 2 is 2.27 bits per heavy atom. The average Bonchev–Trinajstić information content (AvgIpc) is 3.06. The summed E-state index contributed by atoms with van der Waals surface area (Å²) < 4.78 is 35.1. The molecule has 1 aromatic carbocycles. The topological polar surface area (TPSA) is 46.1 Å². The van der Waals surface area contributed by atoms with Gasteiger partial charge in [0.2, 0.25) is 0 Å². The molecule has 9 heteroatoms. The standard InChI is InChI=1S/C17H24ClF2N3O2.HI/c1-3-21-17(23(2)10-12-6-7-24-11-12)22-9-13-8-14(18)4-5-15(13)25-16(19)20;/h4-5,8,12,16H,3,6-7,9-11H2,1-2H3,(H,21,22);1H. The van der Waals surface area contributed by atoms with Gasteiger partial charge in [0.1, 0.15) is 5.75 Å². The molecular weight excluding hydrogens is 479 g/mol. The third-order valence-electron chi connectivity index (χ3n) is 3.89. The molecule has 0 saturated carbocycles. The van der Waals surface area contributed by atoms with Crippen LogP contribution in [0.25, 0.3) is 0 Å². The van der Waals surface area contributed by atoms with Gasteiger partial charge in [0.15, 0.2) is 5.96 Å². The van der Waals surface area contributed by atoms with E-state index in [1.807, 2.05) is 18.9 Å². The number of hydrogen-bond donors (Lipinski definition) is 1. The van der Waals surface area contributed by atoms with Gasteiger partial charge in [-0.1, -0.05) is 11.6 Å². The number of alkyl halides is 2. The lowest BCUT2D eigenvalue weighted by Crippen LogP contribution is -2.41. The lowest BCUT2D eigenvalue weighted by atomic mass is 10.1. The van der Waals surface area contributed by atoms with E-state index in [0.717, 1.165) is 26.2 Å². The van der Waals surface area contributed by atoms with E-state index in [0.29, 0.717) is 29.0 Å². The Balaban J connectivity index is 0.00000338. The number of nitrogens with zero attached hydrogens (tertiary/aromatic N) is 2. The van der Waals surface area contributed by atoms with E-state index in [9.17, 15) is 8.78 Å². The highest BCUT2D eigenvalue weighted by Gasteiger charge is 2.19. The molecule has 1 aliphatic rings. The van der Waals surface area contributed by atoms with Crippen LogP contribution in [0.5, 0.6) is 5.75 Å². The smallest absolute Gasteiger partial charge is 0.387 e. The summed E-state index contributed by atoms with van der Waals surface area (Å²) in [6.45, 7) is 2.36. The Hall–Kier alpha value is -0.870. The molecule has 0 amide bonds. The van der Waals surface area contributed by atoms with E-state index in [-0.39, 0.29) is 36.3 Å². The summed E-state index contributed by atoms with van der Waals surface area (Å²) >= 11 is 5.97. The fraction of sp³-hybridized carbons (Fsp3) is 0.588. The molecule has 2 rings (SSSR count). The van der Waals surface area contributed by atoms with Crippen molar-refractivity contribution in [2.24, 2.45) is 10.9 Å². The summed E-state index contributed by atoms with van der Waals surface area (Å²) in [5.41, 5.74) is 0.515. The van der Waals surface area contributed by atoms with E-state index in [4.69, 9.17) is 16.3 Å². The van der Waals surface area contributed by atoms with Crippen molar-refractivity contribution in [2.45, 2.75) is 26.5 Å². The Labute approximate surface area is 175 Å². The van der Waals surface area contributed by atoms with Gasteiger partial charge in [-0.3, -0.25) is 0 Å². The van der Waals surface area contributed by atoms with Crippen molar-refractivity contribution in [2.75, 3.05) is 33.4 Å². The SMILES string of the molecule is CCNC(=NCc1cc(Cl)ccc1OC(F)F)N(C)CC1CCOC1.I. The first-order chi connectivity index (χ1) is 12.0. The zero-order valence-electron chi connectivity index (χ0n) is 14.9. The zero-order chi connectivity index (χ0) is 18.2. The Morgan fingerprint density at radius 1 is 1.50 bits per heavy atom. The summed E-state index contributed by atoms with van der Waals surface area (Å²) in [5, 5.41) is 3.67. The minimum absolute atomic E-state index is 0. The molecule has 0 spiro atoms. The highest BCUT2D eigenvalue weighted by molar-refractivity contribution is 14.0. The van der Waals surface area contributed by atoms with Gasteiger partial charge in [-0.05, 0) is 31.5 Å². The van der Waals surface area contributed by atoms with Gasteiger partial charge < -0.3 is 19.7 Å². The second kappa shape index (κ2) is 11.8. The molecule has 1 heterocycles. The van der Waals surface area contributed by atoms with Crippen LogP contribution in [0.2, 0.25) is 5.02 Å². The first-order valence-electron chi connectivity index (χ1n) is 8.30. The number of halogens is 4. The molecule has 5 nitrogen and oxygen atoms in total. The molecule has 1 unspecified atom stereocenters. The normalized spacial score (nSPS) is 17.2. The molecule has 0 radical (unpaired) electrons. The predicted molar refractivity (Wildman–Crippen MR) is 110 cm³/mol. The molecule has 1 aliphatic heterocycles. The van der Waals surface area contributed by atoms with Crippen LogP contribution in [0.15, 0.2) is 23.2 Å². The zero-order valence-corrected chi connectivity index (χ0v) is 18.0. The van der Waals surface area contributed by atoms with E-state index in [1.165, 1.54) is 12.1 Å². The number of ether oxygens (including phenoxy) is 2. The van der Waals surface area contributed by atoms with Crippen molar-refractivity contribution in [3.63, 3.8) is 0 Å². The van der Waals surface area contributed by atoms with Crippen LogP contribution in [0.4, 0.5) is 8.78 Å². The van der Waals surface area contributed by atoms with Gasteiger partial charge in [0, 0.05) is 43.2 Å². The molecule has 0 aromatic heterocycles. The van der Waals surface area contributed by atoms with Crippen molar-refractivity contribution in [1.82, 2.24) is 10.2 Å². The minimum Gasteiger partial charge on any atom is -0.434 e. The van der Waals surface area contributed by atoms with Crippen LogP contribution < -0.4 is 10.1 Å². The largest absolute Gasteiger partial charge is 0.434 e. The third kappa shape index (κ3) is 7.40. The summed E-state index contributed by atoms with van der Waals surface area (Å²) in [4.78, 5) is 6.57. The van der Waals surface area contributed by atoms with Gasteiger partial charge in [0.05, 0.1) is 13.2 Å². The van der Waals surface area contributed by atoms with Crippen molar-refractivity contribution in [1.29, 1.82) is 0 Å². The van der Waals surface area contributed by atoms with Crippen LogP contribution in [0.3, 0.4) is 0 Å². The van der Waals surface area contributed by atoms with Crippen LogP contribution in [-0.4, -0.2) is 50.8 Å². The second-order valence-corrected chi connectivity index (χ2v) is 6.35. The highest BCUT2D eigenvalue weighted by Crippen LogP contribution is 2.25. The number of aliphatic imine (C=N–C) groups is 1. The quantitative estimate of drug-likeness (QED) is 0.347. The number of benzene rings is 1. The molecule has 1 N–H and O–H groups in total. The maximum atomic E-state index is 12.6. The van der Waals surface area contributed by atoms with Crippen LogP contribution in [0, 0.1) is 5.92 Å². The maximum absolute atomic E-state index is 12.6. The lowest BCUT2D eigenvalue weighted by molar-refractivity contribution is -0.0504. The van der Waals surface area contributed by atoms with Gasteiger partial charge in [0.25, 0.3) is 0 Å².